The largest absolute Gasteiger partial charge is 0.545 e. The van der Waals surface area contributed by atoms with Crippen LogP contribution in [0.5, 0.6) is 0 Å². The second kappa shape index (κ2) is 68.1. The average Bonchev–Trinajstić information content (AvgIpc) is 3.57. The van der Waals surface area contributed by atoms with E-state index < -0.39 is 24.3 Å². The number of carbonyl (C=O) groups is 3. The number of rotatable bonds is 67. The molecule has 2 atom stereocenters. The molecular weight excluding hydrogens is 1080 g/mol. The quantitative estimate of drug-likeness (QED) is 0.0195. The van der Waals surface area contributed by atoms with Crippen molar-refractivity contribution in [3.8, 4) is 0 Å². The van der Waals surface area contributed by atoms with Gasteiger partial charge >= 0.3 is 11.9 Å². The number of likely N-dealkylation sites (N-methyl/N-ethyl adjacent to an activating group) is 1. The number of quaternary nitrogens is 1. The van der Waals surface area contributed by atoms with Gasteiger partial charge in [-0.3, -0.25) is 9.59 Å². The van der Waals surface area contributed by atoms with E-state index in [4.69, 9.17) is 18.9 Å². The maximum atomic E-state index is 12.9. The Labute approximate surface area is 537 Å². The van der Waals surface area contributed by atoms with Crippen LogP contribution in [0.1, 0.15) is 322 Å². The van der Waals surface area contributed by atoms with Crippen molar-refractivity contribution in [1.82, 2.24) is 0 Å². The van der Waals surface area contributed by atoms with E-state index in [2.05, 4.69) is 111 Å². The number of hydrogen-bond donors (Lipinski definition) is 0. The van der Waals surface area contributed by atoms with E-state index in [0.717, 1.165) is 77.0 Å². The lowest BCUT2D eigenvalue weighted by atomic mass is 10.0. The van der Waals surface area contributed by atoms with Gasteiger partial charge in [0, 0.05) is 12.8 Å². The number of ether oxygens (including phenoxy) is 4. The lowest BCUT2D eigenvalue weighted by Gasteiger charge is -2.26. The van der Waals surface area contributed by atoms with Gasteiger partial charge in [-0.1, -0.05) is 310 Å². The molecule has 0 amide bonds. The van der Waals surface area contributed by atoms with Crippen LogP contribution in [0.2, 0.25) is 0 Å². The molecule has 2 unspecified atom stereocenters. The fourth-order valence-corrected chi connectivity index (χ4v) is 10.3. The molecule has 0 N–H and O–H groups in total. The lowest BCUT2D eigenvalue weighted by molar-refractivity contribution is -0.870. The van der Waals surface area contributed by atoms with Gasteiger partial charge in [0.1, 0.15) is 13.2 Å². The van der Waals surface area contributed by atoms with E-state index in [1.54, 1.807) is 0 Å². The molecular formula is C78H137NO8. The van der Waals surface area contributed by atoms with Gasteiger partial charge in [0.2, 0.25) is 0 Å². The minimum absolute atomic E-state index is 0.136. The average molecular weight is 1220 g/mol. The molecule has 502 valence electrons. The van der Waals surface area contributed by atoms with E-state index in [9.17, 15) is 19.5 Å². The number of hydrogen-bond acceptors (Lipinski definition) is 8. The van der Waals surface area contributed by atoms with Gasteiger partial charge in [-0.25, -0.2) is 0 Å². The zero-order valence-corrected chi connectivity index (χ0v) is 57.4. The van der Waals surface area contributed by atoms with Crippen LogP contribution in [0, 0.1) is 0 Å². The van der Waals surface area contributed by atoms with Gasteiger partial charge in [-0.15, -0.1) is 0 Å². The van der Waals surface area contributed by atoms with Crippen LogP contribution in [0.25, 0.3) is 0 Å². The Morgan fingerprint density at radius 2 is 0.655 bits per heavy atom. The molecule has 87 heavy (non-hydrogen) atoms. The van der Waals surface area contributed by atoms with Crippen LogP contribution in [-0.4, -0.2) is 82.3 Å². The zero-order chi connectivity index (χ0) is 63.3. The molecule has 0 aliphatic heterocycles. The van der Waals surface area contributed by atoms with Gasteiger partial charge in [0.05, 0.1) is 40.3 Å². The molecule has 0 fully saturated rings. The summed E-state index contributed by atoms with van der Waals surface area (Å²) >= 11 is 0. The first-order valence-corrected chi connectivity index (χ1v) is 36.4. The fraction of sp³-hybridized carbons (Fsp3) is 0.756. The zero-order valence-electron chi connectivity index (χ0n) is 57.4. The second-order valence-corrected chi connectivity index (χ2v) is 25.5. The first-order valence-electron chi connectivity index (χ1n) is 36.4. The fourth-order valence-electron chi connectivity index (χ4n) is 10.3. The minimum Gasteiger partial charge on any atom is -0.545 e. The predicted octanol–water partition coefficient (Wildman–Crippen LogP) is 21.5. The number of esters is 2. The summed E-state index contributed by atoms with van der Waals surface area (Å²) in [5, 5.41) is 11.8. The first kappa shape index (κ1) is 83.2. The molecule has 0 bridgehead atoms. The predicted molar refractivity (Wildman–Crippen MR) is 371 cm³/mol. The Balaban J connectivity index is 3.99. The summed E-state index contributed by atoms with van der Waals surface area (Å²) in [6.07, 6.45) is 91.0. The highest BCUT2D eigenvalue weighted by Crippen LogP contribution is 2.18. The number of carboxylic acids is 1. The molecule has 0 rings (SSSR count). The molecule has 0 aromatic carbocycles. The molecule has 0 radical (unpaired) electrons. The molecule has 0 saturated carbocycles. The highest BCUT2D eigenvalue weighted by molar-refractivity contribution is 5.70. The molecule has 0 heterocycles. The first-order chi connectivity index (χ1) is 42.6. The van der Waals surface area contributed by atoms with E-state index in [0.29, 0.717) is 17.4 Å². The van der Waals surface area contributed by atoms with Crippen molar-refractivity contribution < 1.29 is 42.9 Å². The standard InChI is InChI=1S/C78H137NO8/c1-6-8-10-12-14-16-18-20-22-24-26-28-29-30-31-32-33-34-35-36-37-38-39-40-41-42-43-44-45-46-47-49-50-52-54-56-58-60-62-64-66-68-75(80)85-72-74(73-86-78(77(82)83)84-71-70-79(3,4)5)87-76(81)69-67-65-63-61-59-57-55-53-51-48-27-25-23-21-19-17-15-13-11-9-7-2/h9,11,15,17-18,20-21,23-24,26-27,48,53,55,59,61,74,78H,6-8,10,12-14,16,19,22,25,28-47,49-52,54,56-58,60,62-73H2,1-5H3/b11-9-,17-15-,20-18-,23-21-,26-24-,48-27-,55-53-,61-59-. The van der Waals surface area contributed by atoms with Gasteiger partial charge < -0.3 is 33.3 Å². The SMILES string of the molecule is CC/C=C\C/C=C\C/C=C\C/C=C\C/C=C\C/C=C\CCCCC(=O)OC(COC(=O)CCCCCCCCCCCCCCCCCCCCCCCCCCCCCCC/C=C\C/C=C\CCCCCCC)COC(OCC[N+](C)(C)C)C(=O)[O-]. The molecule has 9 heteroatoms. The normalized spacial score (nSPS) is 13.3. The van der Waals surface area contributed by atoms with Crippen molar-refractivity contribution in [2.75, 3.05) is 47.5 Å². The molecule has 0 aromatic rings. The topological polar surface area (TPSA) is 111 Å². The Kier molecular flexibility index (Phi) is 65.2. The van der Waals surface area contributed by atoms with Crippen molar-refractivity contribution in [3.63, 3.8) is 0 Å². The highest BCUT2D eigenvalue weighted by atomic mass is 16.7. The number of aliphatic carboxylic acids is 1. The third kappa shape index (κ3) is 69.5. The monoisotopic (exact) mass is 1220 g/mol. The van der Waals surface area contributed by atoms with Crippen molar-refractivity contribution >= 4 is 17.9 Å². The van der Waals surface area contributed by atoms with Crippen LogP contribution in [0.4, 0.5) is 0 Å². The maximum Gasteiger partial charge on any atom is 0.306 e. The Morgan fingerprint density at radius 3 is 1.00 bits per heavy atom. The van der Waals surface area contributed by atoms with E-state index in [-0.39, 0.29) is 38.6 Å². The van der Waals surface area contributed by atoms with E-state index >= 15 is 0 Å². The van der Waals surface area contributed by atoms with Gasteiger partial charge in [-0.05, 0) is 96.3 Å². The number of unbranched alkanes of at least 4 members (excludes halogenated alkanes) is 36. The maximum absolute atomic E-state index is 12.9. The number of nitrogens with zero attached hydrogens (tertiary/aromatic N) is 1. The Hall–Kier alpha value is -3.79. The lowest BCUT2D eigenvalue weighted by Crippen LogP contribution is -2.44. The molecule has 0 aromatic heterocycles. The van der Waals surface area contributed by atoms with Gasteiger partial charge in [-0.2, -0.15) is 0 Å². The third-order valence-corrected chi connectivity index (χ3v) is 15.8. The Bertz CT molecular complexity index is 1750. The van der Waals surface area contributed by atoms with Crippen LogP contribution in [-0.2, 0) is 33.3 Å². The highest BCUT2D eigenvalue weighted by Gasteiger charge is 2.22. The second-order valence-electron chi connectivity index (χ2n) is 25.5. The molecule has 0 aliphatic rings. The van der Waals surface area contributed by atoms with Crippen LogP contribution in [0.15, 0.2) is 97.2 Å². The smallest absolute Gasteiger partial charge is 0.306 e. The van der Waals surface area contributed by atoms with Gasteiger partial charge in [0.25, 0.3) is 0 Å². The van der Waals surface area contributed by atoms with Crippen molar-refractivity contribution in [2.45, 2.75) is 334 Å². The Morgan fingerprint density at radius 1 is 0.356 bits per heavy atom. The van der Waals surface area contributed by atoms with Crippen LogP contribution in [0.3, 0.4) is 0 Å². The summed E-state index contributed by atoms with van der Waals surface area (Å²) in [6.45, 7) is 4.59. The van der Waals surface area contributed by atoms with Crippen LogP contribution >= 0.6 is 0 Å². The summed E-state index contributed by atoms with van der Waals surface area (Å²) in [5.74, 6) is -2.34. The van der Waals surface area contributed by atoms with Crippen molar-refractivity contribution in [3.05, 3.63) is 97.2 Å². The molecule has 0 spiro atoms. The number of allylic oxidation sites excluding steroid dienone is 16. The number of carbonyl (C=O) groups excluding carboxylic acids is 3. The summed E-state index contributed by atoms with van der Waals surface area (Å²) in [5.41, 5.74) is 0. The number of carboxylic acid groups (broad SMARTS) is 1. The van der Waals surface area contributed by atoms with Crippen molar-refractivity contribution in [2.24, 2.45) is 0 Å². The van der Waals surface area contributed by atoms with E-state index in [1.165, 1.54) is 212 Å². The summed E-state index contributed by atoms with van der Waals surface area (Å²) in [4.78, 5) is 37.4. The van der Waals surface area contributed by atoms with Crippen molar-refractivity contribution in [1.29, 1.82) is 0 Å². The molecule has 0 saturated heterocycles. The third-order valence-electron chi connectivity index (χ3n) is 15.8. The minimum atomic E-state index is -1.64. The summed E-state index contributed by atoms with van der Waals surface area (Å²) in [6, 6.07) is 0. The van der Waals surface area contributed by atoms with Crippen LogP contribution < -0.4 is 5.11 Å². The van der Waals surface area contributed by atoms with Gasteiger partial charge in [0.15, 0.2) is 12.4 Å². The van der Waals surface area contributed by atoms with E-state index in [1.807, 2.05) is 21.1 Å². The summed E-state index contributed by atoms with van der Waals surface area (Å²) < 4.78 is 22.7. The molecule has 0 aliphatic carbocycles. The summed E-state index contributed by atoms with van der Waals surface area (Å²) in [7, 11) is 5.91. The molecule has 9 nitrogen and oxygen atoms in total.